The maximum absolute atomic E-state index is 5.08. The molecule has 8 rings (SSSR count). The van der Waals surface area contributed by atoms with Crippen molar-refractivity contribution in [2.24, 2.45) is 0 Å². The van der Waals surface area contributed by atoms with Crippen LogP contribution in [0.3, 0.4) is 0 Å². The molecular weight excluding hydrogens is 426 g/mol. The first-order valence-electron chi connectivity index (χ1n) is 11.8. The molecule has 0 saturated heterocycles. The van der Waals surface area contributed by atoms with Gasteiger partial charge in [0.2, 0.25) is 0 Å². The van der Waals surface area contributed by atoms with Gasteiger partial charge in [-0.1, -0.05) is 72.8 Å². The third-order valence-electron chi connectivity index (χ3n) is 7.28. The van der Waals surface area contributed by atoms with E-state index in [1.807, 2.05) is 18.6 Å². The molecule has 35 heavy (non-hydrogen) atoms. The number of benzene rings is 4. The van der Waals surface area contributed by atoms with Gasteiger partial charge in [-0.15, -0.1) is 0 Å². The van der Waals surface area contributed by atoms with Crippen molar-refractivity contribution < 1.29 is 0 Å². The lowest BCUT2D eigenvalue weighted by atomic mass is 10.0. The van der Waals surface area contributed by atoms with Gasteiger partial charge in [-0.05, 0) is 46.5 Å². The number of aromatic nitrogens is 3. The largest absolute Gasteiger partial charge is 0.293 e. The standard InChI is InChI=1S/C32H19N3/c1-2-7-20(8-3-1)21-13-14-30-26(17-21)23-9-4-5-12-29(23)35(30)32-25-11-6-10-24-27-18-33-16-15-22(27)28(19-34-32)31(24)25/h1-19H. The molecule has 162 valence electrons. The van der Waals surface area contributed by atoms with Crippen LogP contribution in [0.1, 0.15) is 0 Å². The van der Waals surface area contributed by atoms with E-state index < -0.39 is 0 Å². The maximum Gasteiger partial charge on any atom is 0.145 e. The van der Waals surface area contributed by atoms with Crippen LogP contribution in [0.5, 0.6) is 0 Å². The van der Waals surface area contributed by atoms with Crippen molar-refractivity contribution >= 4 is 32.6 Å². The molecule has 3 heteroatoms. The van der Waals surface area contributed by atoms with Crippen molar-refractivity contribution in [3.63, 3.8) is 0 Å². The number of hydrogen-bond donors (Lipinski definition) is 0. The van der Waals surface area contributed by atoms with Crippen LogP contribution in [0, 0.1) is 0 Å². The normalized spacial score (nSPS) is 12.0. The minimum atomic E-state index is 0.963. The number of hydrogen-bond acceptors (Lipinski definition) is 2. The predicted molar refractivity (Wildman–Crippen MR) is 144 cm³/mol. The lowest BCUT2D eigenvalue weighted by Crippen LogP contribution is -1.99. The molecule has 0 fully saturated rings. The third kappa shape index (κ3) is 2.50. The molecule has 3 nitrogen and oxygen atoms in total. The smallest absolute Gasteiger partial charge is 0.145 e. The van der Waals surface area contributed by atoms with E-state index in [-0.39, 0.29) is 0 Å². The Labute approximate surface area is 202 Å². The molecule has 0 bridgehead atoms. The number of rotatable bonds is 2. The summed E-state index contributed by atoms with van der Waals surface area (Å²) in [6.07, 6.45) is 5.86. The van der Waals surface area contributed by atoms with Crippen LogP contribution in [0.2, 0.25) is 0 Å². The zero-order chi connectivity index (χ0) is 22.9. The zero-order valence-corrected chi connectivity index (χ0v) is 18.8. The summed E-state index contributed by atoms with van der Waals surface area (Å²) < 4.78 is 2.32. The van der Waals surface area contributed by atoms with Crippen molar-refractivity contribution in [1.82, 2.24) is 14.5 Å². The number of nitrogens with zero attached hydrogens (tertiary/aromatic N) is 3. The van der Waals surface area contributed by atoms with E-state index in [1.165, 1.54) is 49.5 Å². The molecule has 0 N–H and O–H groups in total. The Morgan fingerprint density at radius 1 is 0.514 bits per heavy atom. The summed E-state index contributed by atoms with van der Waals surface area (Å²) in [6.45, 7) is 0. The van der Waals surface area contributed by atoms with Crippen LogP contribution < -0.4 is 0 Å². The molecule has 0 radical (unpaired) electrons. The average molecular weight is 446 g/mol. The molecule has 4 aromatic carbocycles. The summed E-state index contributed by atoms with van der Waals surface area (Å²) in [4.78, 5) is 9.46. The summed E-state index contributed by atoms with van der Waals surface area (Å²) in [6, 6.07) is 34.6. The molecule has 7 aromatic rings. The second-order valence-electron chi connectivity index (χ2n) is 9.10. The SMILES string of the molecule is c1ccc(-c2ccc3c(c2)c2ccccc2n3-c2ncc3c4c(cccc24)-c2cnccc2-3)cc1. The lowest BCUT2D eigenvalue weighted by Gasteiger charge is -2.12. The highest BCUT2D eigenvalue weighted by atomic mass is 15.1. The van der Waals surface area contributed by atoms with Gasteiger partial charge in [0, 0.05) is 51.3 Å². The average Bonchev–Trinajstić information content (AvgIpc) is 3.44. The fraction of sp³-hybridized carbons (Fsp3) is 0. The van der Waals surface area contributed by atoms with Crippen molar-refractivity contribution in [2.45, 2.75) is 0 Å². The first-order chi connectivity index (χ1) is 17.4. The van der Waals surface area contributed by atoms with Crippen LogP contribution in [-0.2, 0) is 0 Å². The van der Waals surface area contributed by atoms with E-state index in [0.29, 0.717) is 0 Å². The highest BCUT2D eigenvalue weighted by molar-refractivity contribution is 6.18. The van der Waals surface area contributed by atoms with Crippen molar-refractivity contribution in [3.05, 3.63) is 116 Å². The van der Waals surface area contributed by atoms with E-state index in [0.717, 1.165) is 22.2 Å². The minimum absolute atomic E-state index is 0.963. The molecule has 3 heterocycles. The van der Waals surface area contributed by atoms with Crippen LogP contribution in [0.25, 0.3) is 71.8 Å². The van der Waals surface area contributed by atoms with E-state index in [4.69, 9.17) is 4.98 Å². The summed E-state index contributed by atoms with van der Waals surface area (Å²) in [5.74, 6) is 0.963. The van der Waals surface area contributed by atoms with Gasteiger partial charge in [0.25, 0.3) is 0 Å². The van der Waals surface area contributed by atoms with E-state index in [1.54, 1.807) is 0 Å². The van der Waals surface area contributed by atoms with Crippen LogP contribution >= 0.6 is 0 Å². The Kier molecular flexibility index (Phi) is 3.66. The van der Waals surface area contributed by atoms with Crippen molar-refractivity contribution in [3.8, 4) is 39.2 Å². The van der Waals surface area contributed by atoms with Gasteiger partial charge in [-0.3, -0.25) is 9.55 Å². The molecule has 3 aromatic heterocycles. The van der Waals surface area contributed by atoms with Gasteiger partial charge < -0.3 is 0 Å². The first-order valence-corrected chi connectivity index (χ1v) is 11.8. The number of pyridine rings is 2. The van der Waals surface area contributed by atoms with Gasteiger partial charge >= 0.3 is 0 Å². The molecule has 0 aliphatic heterocycles. The van der Waals surface area contributed by atoms with Crippen LogP contribution in [-0.4, -0.2) is 14.5 Å². The molecule has 1 aliphatic rings. The summed E-state index contributed by atoms with van der Waals surface area (Å²) in [5.41, 5.74) is 9.58. The van der Waals surface area contributed by atoms with Gasteiger partial charge in [0.05, 0.1) is 11.0 Å². The van der Waals surface area contributed by atoms with E-state index in [9.17, 15) is 0 Å². The second-order valence-corrected chi connectivity index (χ2v) is 9.10. The third-order valence-corrected chi connectivity index (χ3v) is 7.28. The molecule has 0 unspecified atom stereocenters. The number of fused-ring (bicyclic) bond motifs is 6. The molecular formula is C32H19N3. The predicted octanol–water partition coefficient (Wildman–Crippen LogP) is 8.04. The Bertz CT molecular complexity index is 1920. The second kappa shape index (κ2) is 6.87. The van der Waals surface area contributed by atoms with Crippen LogP contribution in [0.15, 0.2) is 116 Å². The fourth-order valence-corrected chi connectivity index (χ4v) is 5.75. The number of para-hydroxylation sites is 1. The molecule has 0 amide bonds. The topological polar surface area (TPSA) is 30.7 Å². The Morgan fingerprint density at radius 3 is 2.29 bits per heavy atom. The van der Waals surface area contributed by atoms with Gasteiger partial charge in [-0.2, -0.15) is 0 Å². The molecule has 0 atom stereocenters. The monoisotopic (exact) mass is 445 g/mol. The molecule has 0 spiro atoms. The molecule has 1 aliphatic carbocycles. The first kappa shape index (κ1) is 18.6. The van der Waals surface area contributed by atoms with Crippen molar-refractivity contribution in [2.75, 3.05) is 0 Å². The Morgan fingerprint density at radius 2 is 1.34 bits per heavy atom. The Balaban J connectivity index is 1.46. The maximum atomic E-state index is 5.08. The molecule has 0 saturated carbocycles. The highest BCUT2D eigenvalue weighted by Gasteiger charge is 2.24. The van der Waals surface area contributed by atoms with Crippen LogP contribution in [0.4, 0.5) is 0 Å². The minimum Gasteiger partial charge on any atom is -0.293 e. The summed E-state index contributed by atoms with van der Waals surface area (Å²) in [7, 11) is 0. The van der Waals surface area contributed by atoms with E-state index in [2.05, 4.69) is 107 Å². The quantitative estimate of drug-likeness (QED) is 0.269. The van der Waals surface area contributed by atoms with E-state index >= 15 is 0 Å². The van der Waals surface area contributed by atoms with Gasteiger partial charge in [0.1, 0.15) is 5.82 Å². The summed E-state index contributed by atoms with van der Waals surface area (Å²) >= 11 is 0. The fourth-order valence-electron chi connectivity index (χ4n) is 5.75. The highest BCUT2D eigenvalue weighted by Crippen LogP contribution is 2.48. The van der Waals surface area contributed by atoms with Crippen molar-refractivity contribution in [1.29, 1.82) is 0 Å². The van der Waals surface area contributed by atoms with Gasteiger partial charge in [-0.25, -0.2) is 4.98 Å². The zero-order valence-electron chi connectivity index (χ0n) is 18.8. The lowest BCUT2D eigenvalue weighted by molar-refractivity contribution is 1.10. The van der Waals surface area contributed by atoms with Gasteiger partial charge in [0.15, 0.2) is 0 Å². The summed E-state index contributed by atoms with van der Waals surface area (Å²) in [5, 5.41) is 4.88. The Hall–Kier alpha value is -4.76.